The second-order valence-corrected chi connectivity index (χ2v) is 11.7. The molecule has 47 heavy (non-hydrogen) atoms. The maximum atomic E-state index is 12.1. The molecule has 0 aliphatic carbocycles. The zero-order valence-electron chi connectivity index (χ0n) is 30.3. The quantitative estimate of drug-likeness (QED) is 0.167. The summed E-state index contributed by atoms with van der Waals surface area (Å²) in [6.07, 6.45) is 4.95. The summed E-state index contributed by atoms with van der Waals surface area (Å²) in [7, 11) is 3.66. The van der Waals surface area contributed by atoms with Crippen LogP contribution >= 0.6 is 0 Å². The van der Waals surface area contributed by atoms with Crippen LogP contribution in [0, 0.1) is 20.8 Å². The molecule has 258 valence electrons. The number of aliphatic hydroxyl groups is 1. The monoisotopic (exact) mass is 647 g/mol. The fourth-order valence-corrected chi connectivity index (χ4v) is 4.02. The van der Waals surface area contributed by atoms with Gasteiger partial charge in [0.15, 0.2) is 0 Å². The molecule has 0 radical (unpaired) electrons. The third-order valence-corrected chi connectivity index (χ3v) is 6.61. The van der Waals surface area contributed by atoms with Gasteiger partial charge in [-0.25, -0.2) is 4.98 Å². The molecule has 0 saturated heterocycles. The Balaban J connectivity index is 0.000000402. The summed E-state index contributed by atoms with van der Waals surface area (Å²) in [5.74, 6) is 0.564. The van der Waals surface area contributed by atoms with Gasteiger partial charge >= 0.3 is 0 Å². The van der Waals surface area contributed by atoms with Gasteiger partial charge in [-0.3, -0.25) is 9.59 Å². The van der Waals surface area contributed by atoms with Crippen LogP contribution in [0.4, 0.5) is 0 Å². The fourth-order valence-electron chi connectivity index (χ4n) is 4.02. The molecule has 2 aromatic carbocycles. The fraction of sp³-hybridized carbons (Fsp3) is 0.447. The third-order valence-electron chi connectivity index (χ3n) is 6.61. The Hall–Kier alpha value is -4.21. The first-order valence-corrected chi connectivity index (χ1v) is 16.5. The summed E-state index contributed by atoms with van der Waals surface area (Å²) in [6, 6.07) is 18.0. The highest BCUT2D eigenvalue weighted by Crippen LogP contribution is 2.21. The molecule has 2 amide bonds. The molecule has 9 heteroatoms. The van der Waals surface area contributed by atoms with E-state index in [1.165, 1.54) is 16.7 Å². The van der Waals surface area contributed by atoms with Crippen LogP contribution in [0.25, 0.3) is 16.9 Å². The zero-order chi connectivity index (χ0) is 35.5. The molecule has 0 bridgehead atoms. The van der Waals surface area contributed by atoms with Crippen molar-refractivity contribution in [2.75, 3.05) is 33.7 Å². The molecule has 0 aliphatic heterocycles. The largest absolute Gasteiger partial charge is 0.491 e. The number of carbonyl (C=O) groups is 2. The maximum absolute atomic E-state index is 12.1. The number of aliphatic hydroxyl groups excluding tert-OH is 1. The smallest absolute Gasteiger partial charge is 0.251 e. The van der Waals surface area contributed by atoms with Crippen LogP contribution in [0.3, 0.4) is 0 Å². The van der Waals surface area contributed by atoms with E-state index in [-0.39, 0.29) is 24.0 Å². The van der Waals surface area contributed by atoms with E-state index in [9.17, 15) is 9.59 Å². The minimum absolute atomic E-state index is 0.0599. The van der Waals surface area contributed by atoms with E-state index in [1.54, 1.807) is 24.0 Å². The molecule has 3 N–H and O–H groups in total. The van der Waals surface area contributed by atoms with E-state index in [1.807, 2.05) is 74.0 Å². The lowest BCUT2D eigenvalue weighted by atomic mass is 10.1. The Bertz CT molecular complexity index is 1490. The number of hydrogen-bond donors (Lipinski definition) is 3. The first-order chi connectivity index (χ1) is 22.3. The van der Waals surface area contributed by atoms with Gasteiger partial charge in [0.05, 0.1) is 24.4 Å². The van der Waals surface area contributed by atoms with E-state index in [0.717, 1.165) is 29.1 Å². The molecular formula is C38H57N5O4. The average Bonchev–Trinajstić information content (AvgIpc) is 3.47. The van der Waals surface area contributed by atoms with Crippen LogP contribution in [0.15, 0.2) is 67.0 Å². The summed E-state index contributed by atoms with van der Waals surface area (Å²) in [5.41, 5.74) is 7.20. The second kappa shape index (κ2) is 21.6. The third kappa shape index (κ3) is 15.3. The highest BCUT2D eigenvalue weighted by molar-refractivity contribution is 5.94. The second-order valence-electron chi connectivity index (χ2n) is 11.7. The molecular weight excluding hydrogens is 590 g/mol. The van der Waals surface area contributed by atoms with Crippen molar-refractivity contribution in [2.24, 2.45) is 0 Å². The number of likely N-dealkylation sites (N-methyl/N-ethyl adjacent to an activating group) is 1. The number of benzene rings is 2. The molecule has 2 heterocycles. The number of nitrogens with one attached hydrogen (secondary N) is 2. The molecule has 9 nitrogen and oxygen atoms in total. The van der Waals surface area contributed by atoms with Crippen LogP contribution < -0.4 is 15.4 Å². The van der Waals surface area contributed by atoms with Gasteiger partial charge in [-0.15, -0.1) is 0 Å². The van der Waals surface area contributed by atoms with Crippen molar-refractivity contribution in [3.63, 3.8) is 0 Å². The number of fused-ring (bicyclic) bond motifs is 1. The van der Waals surface area contributed by atoms with Crippen molar-refractivity contribution in [3.8, 4) is 17.0 Å². The van der Waals surface area contributed by atoms with Crippen LogP contribution in [0.5, 0.6) is 5.75 Å². The van der Waals surface area contributed by atoms with Gasteiger partial charge in [0.1, 0.15) is 11.4 Å². The van der Waals surface area contributed by atoms with Crippen LogP contribution in [0.1, 0.15) is 75.0 Å². The van der Waals surface area contributed by atoms with Crippen molar-refractivity contribution in [3.05, 3.63) is 89.2 Å². The van der Waals surface area contributed by atoms with Crippen molar-refractivity contribution in [2.45, 2.75) is 80.9 Å². The van der Waals surface area contributed by atoms with E-state index in [4.69, 9.17) is 9.84 Å². The lowest BCUT2D eigenvalue weighted by molar-refractivity contribution is -0.121. The molecule has 0 fully saturated rings. The zero-order valence-corrected chi connectivity index (χ0v) is 30.3. The highest BCUT2D eigenvalue weighted by atomic mass is 16.5. The summed E-state index contributed by atoms with van der Waals surface area (Å²) < 4.78 is 7.73. The predicted molar refractivity (Wildman–Crippen MR) is 194 cm³/mol. The Morgan fingerprint density at radius 1 is 0.936 bits per heavy atom. The van der Waals surface area contributed by atoms with Gasteiger partial charge in [0.2, 0.25) is 5.91 Å². The van der Waals surface area contributed by atoms with Crippen molar-refractivity contribution >= 4 is 17.5 Å². The number of aromatic nitrogens is 2. The Kier molecular flexibility index (Phi) is 18.7. The minimum atomic E-state index is -0.161. The van der Waals surface area contributed by atoms with E-state index >= 15 is 0 Å². The summed E-state index contributed by atoms with van der Waals surface area (Å²) in [5, 5.41) is 13.9. The Morgan fingerprint density at radius 2 is 1.55 bits per heavy atom. The normalized spacial score (nSPS) is 10.9. The highest BCUT2D eigenvalue weighted by Gasteiger charge is 2.10. The molecule has 2 aromatic heterocycles. The summed E-state index contributed by atoms with van der Waals surface area (Å²) >= 11 is 0. The Labute approximate surface area is 282 Å². The number of imidazole rings is 1. The molecule has 1 atom stereocenters. The molecule has 1 unspecified atom stereocenters. The van der Waals surface area contributed by atoms with E-state index < -0.39 is 0 Å². The standard InChI is InChI=1S/C17H27N3O3.C15H14N2.C4H10O.C2H6/c1-12(2)23-15-7-6-14(10-13(15)3)17(22)19-9-8-18-16(21)11-20(4)5;1-11-5-7-13(8-6-11)14-10-17-9-3-4-12(2)15(17)16-14;1-3-4(2)5;1-2/h6-7,10,12H,8-9,11H2,1-5H3,(H,18,21)(H,19,22);3-10H,1-2H3;4-5H,3H2,1-2H3;1-2H3. The minimum Gasteiger partial charge on any atom is -0.491 e. The number of pyridine rings is 1. The van der Waals surface area contributed by atoms with Gasteiger partial charge < -0.3 is 29.8 Å². The molecule has 0 saturated carbocycles. The summed E-state index contributed by atoms with van der Waals surface area (Å²) in [6.45, 7) is 18.9. The van der Waals surface area contributed by atoms with Gasteiger partial charge in [-0.05, 0) is 97.5 Å². The van der Waals surface area contributed by atoms with Crippen molar-refractivity contribution < 1.29 is 19.4 Å². The van der Waals surface area contributed by atoms with Crippen LogP contribution in [0.2, 0.25) is 0 Å². The first kappa shape index (κ1) is 40.8. The number of aryl methyl sites for hydroxylation is 3. The van der Waals surface area contributed by atoms with Gasteiger partial charge in [-0.1, -0.05) is 56.7 Å². The molecule has 0 spiro atoms. The summed E-state index contributed by atoms with van der Waals surface area (Å²) in [4.78, 5) is 30.0. The van der Waals surface area contributed by atoms with Crippen molar-refractivity contribution in [1.82, 2.24) is 24.9 Å². The molecule has 4 aromatic rings. The number of nitrogens with zero attached hydrogens (tertiary/aromatic N) is 3. The van der Waals surface area contributed by atoms with Gasteiger partial charge in [0.25, 0.3) is 5.91 Å². The van der Waals surface area contributed by atoms with E-state index in [0.29, 0.717) is 25.2 Å². The van der Waals surface area contributed by atoms with Crippen LogP contribution in [-0.4, -0.2) is 77.1 Å². The lowest BCUT2D eigenvalue weighted by Gasteiger charge is -2.13. The van der Waals surface area contributed by atoms with E-state index in [2.05, 4.69) is 70.4 Å². The average molecular weight is 648 g/mol. The molecule has 0 aliphatic rings. The maximum Gasteiger partial charge on any atom is 0.251 e. The number of hydrogen-bond acceptors (Lipinski definition) is 6. The topological polar surface area (TPSA) is 108 Å². The first-order valence-electron chi connectivity index (χ1n) is 16.5. The van der Waals surface area contributed by atoms with Crippen LogP contribution in [-0.2, 0) is 4.79 Å². The van der Waals surface area contributed by atoms with Gasteiger partial charge in [-0.2, -0.15) is 0 Å². The number of carbonyl (C=O) groups excluding carboxylic acids is 2. The number of amides is 2. The van der Waals surface area contributed by atoms with Gasteiger partial charge in [0, 0.05) is 36.6 Å². The van der Waals surface area contributed by atoms with Crippen molar-refractivity contribution in [1.29, 1.82) is 0 Å². The molecule has 4 rings (SSSR count). The SMILES string of the molecule is CC.CCC(C)O.Cc1cc(C(=O)NCCNC(=O)CN(C)C)ccc1OC(C)C.Cc1ccc(-c2cn3cccc(C)c3n2)cc1. The lowest BCUT2D eigenvalue weighted by Crippen LogP contribution is -2.38. The number of ether oxygens (including phenoxy) is 1. The Morgan fingerprint density at radius 3 is 2.09 bits per heavy atom. The number of rotatable bonds is 10. The predicted octanol–water partition coefficient (Wildman–Crippen LogP) is 6.61.